The molecule has 0 aliphatic heterocycles. The van der Waals surface area contributed by atoms with E-state index in [1.165, 1.54) is 0 Å². The van der Waals surface area contributed by atoms with E-state index in [1.807, 2.05) is 30.3 Å². The van der Waals surface area contributed by atoms with E-state index < -0.39 is 0 Å². The van der Waals surface area contributed by atoms with E-state index in [1.54, 1.807) is 19.2 Å². The zero-order chi connectivity index (χ0) is 14.5. The van der Waals surface area contributed by atoms with Crippen LogP contribution in [-0.2, 0) is 6.42 Å². The molecular formula is C16H15ClN2O. The van der Waals surface area contributed by atoms with Crippen molar-refractivity contribution in [3.8, 4) is 11.8 Å². The van der Waals surface area contributed by atoms with Crippen molar-refractivity contribution in [3.63, 3.8) is 0 Å². The van der Waals surface area contributed by atoms with E-state index in [-0.39, 0.29) is 5.92 Å². The number of hydrogen-bond donors (Lipinski definition) is 1. The first-order chi connectivity index (χ1) is 9.63. The molecule has 0 saturated carbocycles. The predicted molar refractivity (Wildman–Crippen MR) is 80.9 cm³/mol. The molecule has 0 heterocycles. The summed E-state index contributed by atoms with van der Waals surface area (Å²) in [5, 5.41) is 9.96. The predicted octanol–water partition coefficient (Wildman–Crippen LogP) is 3.78. The Kier molecular flexibility index (Phi) is 4.49. The van der Waals surface area contributed by atoms with Gasteiger partial charge in [-0.2, -0.15) is 5.26 Å². The first-order valence-corrected chi connectivity index (χ1v) is 6.59. The molecule has 0 spiro atoms. The molecular weight excluding hydrogens is 272 g/mol. The summed E-state index contributed by atoms with van der Waals surface area (Å²) in [4.78, 5) is 0. The minimum absolute atomic E-state index is 0.248. The summed E-state index contributed by atoms with van der Waals surface area (Å²) in [6.45, 7) is 0. The Balaban J connectivity index is 2.22. The van der Waals surface area contributed by atoms with Crippen molar-refractivity contribution in [3.05, 3.63) is 58.6 Å². The molecule has 2 aromatic rings. The molecule has 4 heteroatoms. The first-order valence-electron chi connectivity index (χ1n) is 6.21. The number of nitrogen functional groups attached to an aromatic ring is 1. The number of rotatable bonds is 4. The van der Waals surface area contributed by atoms with Crippen molar-refractivity contribution >= 4 is 17.3 Å². The third-order valence-corrected chi connectivity index (χ3v) is 3.53. The van der Waals surface area contributed by atoms with Gasteiger partial charge in [-0.05, 0) is 41.8 Å². The maximum atomic E-state index is 9.36. The standard InChI is InChI=1S/C16H15ClN2O/c1-20-15-6-3-11(4-7-15)13(10-18)8-12-2-5-14(19)9-16(12)17/h2-7,9,13H,8,19H2,1H3. The maximum absolute atomic E-state index is 9.36. The number of benzene rings is 2. The van der Waals surface area contributed by atoms with Crippen LogP contribution in [0.2, 0.25) is 5.02 Å². The Hall–Kier alpha value is -2.18. The summed E-state index contributed by atoms with van der Waals surface area (Å²) < 4.78 is 5.12. The van der Waals surface area contributed by atoms with E-state index in [0.29, 0.717) is 17.1 Å². The fourth-order valence-electron chi connectivity index (χ4n) is 2.02. The van der Waals surface area contributed by atoms with Gasteiger partial charge in [0.25, 0.3) is 0 Å². The van der Waals surface area contributed by atoms with E-state index >= 15 is 0 Å². The topological polar surface area (TPSA) is 59.0 Å². The molecule has 0 amide bonds. The number of nitriles is 1. The van der Waals surface area contributed by atoms with Crippen molar-refractivity contribution in [2.75, 3.05) is 12.8 Å². The molecule has 0 aromatic heterocycles. The minimum Gasteiger partial charge on any atom is -0.497 e. The van der Waals surface area contributed by atoms with Gasteiger partial charge in [-0.3, -0.25) is 0 Å². The molecule has 0 fully saturated rings. The molecule has 1 unspecified atom stereocenters. The van der Waals surface area contributed by atoms with Gasteiger partial charge in [0.1, 0.15) is 5.75 Å². The van der Waals surface area contributed by atoms with Gasteiger partial charge < -0.3 is 10.5 Å². The van der Waals surface area contributed by atoms with Crippen LogP contribution in [0, 0.1) is 11.3 Å². The molecule has 102 valence electrons. The Morgan fingerprint density at radius 1 is 1.25 bits per heavy atom. The minimum atomic E-state index is -0.248. The van der Waals surface area contributed by atoms with Crippen molar-refractivity contribution in [1.82, 2.24) is 0 Å². The number of anilines is 1. The molecule has 2 rings (SSSR count). The van der Waals surface area contributed by atoms with E-state index in [9.17, 15) is 5.26 Å². The lowest BCUT2D eigenvalue weighted by atomic mass is 9.93. The molecule has 0 aliphatic carbocycles. The number of methoxy groups -OCH3 is 1. The summed E-state index contributed by atoms with van der Waals surface area (Å²) in [6.07, 6.45) is 0.557. The zero-order valence-corrected chi connectivity index (χ0v) is 11.9. The Morgan fingerprint density at radius 3 is 2.50 bits per heavy atom. The Bertz CT molecular complexity index is 632. The molecule has 0 saturated heterocycles. The maximum Gasteiger partial charge on any atom is 0.118 e. The molecule has 0 bridgehead atoms. The molecule has 0 aliphatic rings. The summed E-state index contributed by atoms with van der Waals surface area (Å²) in [7, 11) is 1.62. The van der Waals surface area contributed by atoms with Crippen molar-refractivity contribution < 1.29 is 4.74 Å². The largest absolute Gasteiger partial charge is 0.497 e. The van der Waals surface area contributed by atoms with Gasteiger partial charge in [0.05, 0.1) is 19.1 Å². The average Bonchev–Trinajstić information content (AvgIpc) is 2.47. The van der Waals surface area contributed by atoms with Gasteiger partial charge in [-0.25, -0.2) is 0 Å². The molecule has 1 atom stereocenters. The summed E-state index contributed by atoms with van der Waals surface area (Å²) >= 11 is 6.16. The Labute approximate surface area is 123 Å². The van der Waals surface area contributed by atoms with Crippen LogP contribution >= 0.6 is 11.6 Å². The van der Waals surface area contributed by atoms with Crippen LogP contribution in [0.5, 0.6) is 5.75 Å². The van der Waals surface area contributed by atoms with E-state index in [4.69, 9.17) is 22.1 Å². The zero-order valence-electron chi connectivity index (χ0n) is 11.1. The fraction of sp³-hybridized carbons (Fsp3) is 0.188. The lowest BCUT2D eigenvalue weighted by Crippen LogP contribution is -2.01. The van der Waals surface area contributed by atoms with Crippen LogP contribution in [0.1, 0.15) is 17.0 Å². The summed E-state index contributed by atoms with van der Waals surface area (Å²) in [6, 6.07) is 15.2. The second kappa shape index (κ2) is 6.31. The van der Waals surface area contributed by atoms with E-state index in [0.717, 1.165) is 16.9 Å². The van der Waals surface area contributed by atoms with Gasteiger partial charge in [-0.1, -0.05) is 29.8 Å². The highest BCUT2D eigenvalue weighted by Gasteiger charge is 2.13. The van der Waals surface area contributed by atoms with Gasteiger partial charge in [0.2, 0.25) is 0 Å². The Morgan fingerprint density at radius 2 is 1.95 bits per heavy atom. The molecule has 3 nitrogen and oxygen atoms in total. The highest BCUT2D eigenvalue weighted by Crippen LogP contribution is 2.27. The van der Waals surface area contributed by atoms with Crippen LogP contribution < -0.4 is 10.5 Å². The number of hydrogen-bond acceptors (Lipinski definition) is 3. The quantitative estimate of drug-likeness (QED) is 0.870. The van der Waals surface area contributed by atoms with Gasteiger partial charge >= 0.3 is 0 Å². The SMILES string of the molecule is COc1ccc(C(C#N)Cc2ccc(N)cc2Cl)cc1. The number of ether oxygens (including phenoxy) is 1. The van der Waals surface area contributed by atoms with Crippen molar-refractivity contribution in [2.45, 2.75) is 12.3 Å². The lowest BCUT2D eigenvalue weighted by Gasteiger charge is -2.12. The molecule has 0 radical (unpaired) electrons. The number of halogens is 1. The second-order valence-corrected chi connectivity index (χ2v) is 4.92. The van der Waals surface area contributed by atoms with Crippen LogP contribution in [-0.4, -0.2) is 7.11 Å². The van der Waals surface area contributed by atoms with Crippen molar-refractivity contribution in [2.24, 2.45) is 0 Å². The van der Waals surface area contributed by atoms with Crippen LogP contribution in [0.25, 0.3) is 0 Å². The van der Waals surface area contributed by atoms with Gasteiger partial charge in [0.15, 0.2) is 0 Å². The monoisotopic (exact) mass is 286 g/mol. The molecule has 20 heavy (non-hydrogen) atoms. The van der Waals surface area contributed by atoms with Crippen LogP contribution in [0.4, 0.5) is 5.69 Å². The van der Waals surface area contributed by atoms with Crippen molar-refractivity contribution in [1.29, 1.82) is 5.26 Å². The number of nitrogens with two attached hydrogens (primary N) is 1. The lowest BCUT2D eigenvalue weighted by molar-refractivity contribution is 0.414. The number of nitrogens with zero attached hydrogens (tertiary/aromatic N) is 1. The summed E-state index contributed by atoms with van der Waals surface area (Å²) in [5.74, 6) is 0.526. The third-order valence-electron chi connectivity index (χ3n) is 3.18. The highest BCUT2D eigenvalue weighted by molar-refractivity contribution is 6.31. The highest BCUT2D eigenvalue weighted by atomic mass is 35.5. The summed E-state index contributed by atoms with van der Waals surface area (Å²) in [5.41, 5.74) is 8.16. The van der Waals surface area contributed by atoms with Gasteiger partial charge in [-0.15, -0.1) is 0 Å². The molecule has 2 N–H and O–H groups in total. The van der Waals surface area contributed by atoms with Gasteiger partial charge in [0, 0.05) is 10.7 Å². The normalized spacial score (nSPS) is 11.7. The fourth-order valence-corrected chi connectivity index (χ4v) is 2.29. The van der Waals surface area contributed by atoms with E-state index in [2.05, 4.69) is 6.07 Å². The van der Waals surface area contributed by atoms with Crippen LogP contribution in [0.15, 0.2) is 42.5 Å². The van der Waals surface area contributed by atoms with Crippen LogP contribution in [0.3, 0.4) is 0 Å². The third kappa shape index (κ3) is 3.23. The second-order valence-electron chi connectivity index (χ2n) is 4.51. The smallest absolute Gasteiger partial charge is 0.118 e. The molecule has 2 aromatic carbocycles. The first kappa shape index (κ1) is 14.2. The average molecular weight is 287 g/mol.